The monoisotopic (exact) mass is 216 g/mol. The Labute approximate surface area is 90.0 Å². The SMILES string of the molecule is Cc1nn(CCOCCCl)c(C)c1C. The van der Waals surface area contributed by atoms with Gasteiger partial charge < -0.3 is 4.74 Å². The molecule has 0 bridgehead atoms. The van der Waals surface area contributed by atoms with E-state index in [2.05, 4.69) is 18.9 Å². The lowest BCUT2D eigenvalue weighted by molar-refractivity contribution is 0.137. The largest absolute Gasteiger partial charge is 0.378 e. The van der Waals surface area contributed by atoms with E-state index >= 15 is 0 Å². The lowest BCUT2D eigenvalue weighted by Gasteiger charge is -2.04. The molecule has 1 heterocycles. The Balaban J connectivity index is 2.47. The molecule has 0 amide bonds. The van der Waals surface area contributed by atoms with Gasteiger partial charge in [0.2, 0.25) is 0 Å². The molecule has 0 atom stereocenters. The minimum atomic E-state index is 0.552. The number of hydrogen-bond donors (Lipinski definition) is 0. The first-order valence-corrected chi connectivity index (χ1v) is 5.34. The van der Waals surface area contributed by atoms with Crippen molar-refractivity contribution in [3.63, 3.8) is 0 Å². The van der Waals surface area contributed by atoms with Gasteiger partial charge in [-0.3, -0.25) is 4.68 Å². The van der Waals surface area contributed by atoms with Crippen molar-refractivity contribution in [3.8, 4) is 0 Å². The van der Waals surface area contributed by atoms with Crippen LogP contribution in [0.15, 0.2) is 0 Å². The van der Waals surface area contributed by atoms with Crippen molar-refractivity contribution < 1.29 is 4.74 Å². The van der Waals surface area contributed by atoms with Gasteiger partial charge in [-0.2, -0.15) is 5.10 Å². The van der Waals surface area contributed by atoms with Gasteiger partial charge >= 0.3 is 0 Å². The van der Waals surface area contributed by atoms with E-state index < -0.39 is 0 Å². The predicted molar refractivity (Wildman–Crippen MR) is 58.0 cm³/mol. The van der Waals surface area contributed by atoms with Crippen molar-refractivity contribution in [2.24, 2.45) is 0 Å². The summed E-state index contributed by atoms with van der Waals surface area (Å²) in [4.78, 5) is 0. The highest BCUT2D eigenvalue weighted by atomic mass is 35.5. The van der Waals surface area contributed by atoms with E-state index in [9.17, 15) is 0 Å². The summed E-state index contributed by atoms with van der Waals surface area (Å²) in [5.74, 6) is 0.552. The van der Waals surface area contributed by atoms with Gasteiger partial charge in [0.15, 0.2) is 0 Å². The summed E-state index contributed by atoms with van der Waals surface area (Å²) in [6.07, 6.45) is 0. The van der Waals surface area contributed by atoms with Gasteiger partial charge in [0, 0.05) is 11.6 Å². The third kappa shape index (κ3) is 2.72. The number of aromatic nitrogens is 2. The number of rotatable bonds is 5. The van der Waals surface area contributed by atoms with Crippen LogP contribution in [0.25, 0.3) is 0 Å². The lowest BCUT2D eigenvalue weighted by atomic mass is 10.2. The number of alkyl halides is 1. The quantitative estimate of drug-likeness (QED) is 0.557. The standard InChI is InChI=1S/C10H17ClN2O/c1-8-9(2)12-13(10(8)3)5-7-14-6-4-11/h4-7H2,1-3H3. The number of aryl methyl sites for hydroxylation is 1. The number of ether oxygens (including phenoxy) is 1. The molecule has 1 aromatic rings. The summed E-state index contributed by atoms with van der Waals surface area (Å²) in [7, 11) is 0. The summed E-state index contributed by atoms with van der Waals surface area (Å²) >= 11 is 5.50. The average Bonchev–Trinajstić information content (AvgIpc) is 2.41. The van der Waals surface area contributed by atoms with Crippen LogP contribution in [0.2, 0.25) is 0 Å². The molecule has 0 N–H and O–H groups in total. The van der Waals surface area contributed by atoms with E-state index in [-0.39, 0.29) is 0 Å². The summed E-state index contributed by atoms with van der Waals surface area (Å²) in [6, 6.07) is 0. The molecule has 3 nitrogen and oxygen atoms in total. The van der Waals surface area contributed by atoms with Gasteiger partial charge in [-0.05, 0) is 26.3 Å². The van der Waals surface area contributed by atoms with Crippen LogP contribution in [0.5, 0.6) is 0 Å². The second kappa shape index (κ2) is 5.37. The highest BCUT2D eigenvalue weighted by Crippen LogP contribution is 2.10. The molecule has 0 unspecified atom stereocenters. The Morgan fingerprint density at radius 3 is 2.50 bits per heavy atom. The van der Waals surface area contributed by atoms with Crippen molar-refractivity contribution in [2.75, 3.05) is 19.1 Å². The molecule has 0 saturated carbocycles. The summed E-state index contributed by atoms with van der Waals surface area (Å²) in [6.45, 7) is 8.29. The molecule has 0 aliphatic rings. The molecule has 0 saturated heterocycles. The Kier molecular flexibility index (Phi) is 4.42. The third-order valence-corrected chi connectivity index (χ3v) is 2.57. The van der Waals surface area contributed by atoms with Crippen molar-refractivity contribution in [1.29, 1.82) is 0 Å². The van der Waals surface area contributed by atoms with Gasteiger partial charge in [0.25, 0.3) is 0 Å². The van der Waals surface area contributed by atoms with Crippen LogP contribution < -0.4 is 0 Å². The predicted octanol–water partition coefficient (Wildman–Crippen LogP) is 2.06. The highest BCUT2D eigenvalue weighted by molar-refractivity contribution is 6.17. The van der Waals surface area contributed by atoms with Crippen LogP contribution in [0.3, 0.4) is 0 Å². The molecule has 0 aliphatic heterocycles. The minimum absolute atomic E-state index is 0.552. The van der Waals surface area contributed by atoms with Crippen LogP contribution in [-0.2, 0) is 11.3 Å². The summed E-state index contributed by atoms with van der Waals surface area (Å²) < 4.78 is 7.28. The molecular formula is C10H17ClN2O. The Hall–Kier alpha value is -0.540. The number of nitrogens with zero attached hydrogens (tertiary/aromatic N) is 2. The zero-order valence-electron chi connectivity index (χ0n) is 9.01. The smallest absolute Gasteiger partial charge is 0.0663 e. The van der Waals surface area contributed by atoms with Crippen molar-refractivity contribution in [1.82, 2.24) is 9.78 Å². The number of hydrogen-bond acceptors (Lipinski definition) is 2. The van der Waals surface area contributed by atoms with Crippen LogP contribution >= 0.6 is 11.6 Å². The van der Waals surface area contributed by atoms with Gasteiger partial charge in [0.1, 0.15) is 0 Å². The van der Waals surface area contributed by atoms with E-state index in [1.54, 1.807) is 0 Å². The first kappa shape index (κ1) is 11.5. The topological polar surface area (TPSA) is 27.1 Å². The van der Waals surface area contributed by atoms with Crippen LogP contribution in [0, 0.1) is 20.8 Å². The zero-order chi connectivity index (χ0) is 10.6. The Morgan fingerprint density at radius 1 is 1.29 bits per heavy atom. The van der Waals surface area contributed by atoms with Crippen LogP contribution in [0.4, 0.5) is 0 Å². The normalized spacial score (nSPS) is 10.9. The third-order valence-electron chi connectivity index (χ3n) is 2.41. The maximum absolute atomic E-state index is 5.50. The van der Waals surface area contributed by atoms with E-state index in [0.29, 0.717) is 19.1 Å². The maximum atomic E-state index is 5.50. The molecule has 0 radical (unpaired) electrons. The van der Waals surface area contributed by atoms with Crippen molar-refractivity contribution >= 4 is 11.6 Å². The highest BCUT2D eigenvalue weighted by Gasteiger charge is 2.05. The molecule has 0 aromatic carbocycles. The van der Waals surface area contributed by atoms with Crippen molar-refractivity contribution in [3.05, 3.63) is 17.0 Å². The second-order valence-electron chi connectivity index (χ2n) is 3.32. The van der Waals surface area contributed by atoms with Crippen LogP contribution in [-0.4, -0.2) is 28.9 Å². The first-order chi connectivity index (χ1) is 6.66. The second-order valence-corrected chi connectivity index (χ2v) is 3.70. The molecule has 0 spiro atoms. The molecule has 1 aromatic heterocycles. The Bertz CT molecular complexity index is 297. The Morgan fingerprint density at radius 2 is 2.00 bits per heavy atom. The fraction of sp³-hybridized carbons (Fsp3) is 0.700. The van der Waals surface area contributed by atoms with E-state index in [1.807, 2.05) is 11.6 Å². The van der Waals surface area contributed by atoms with Crippen molar-refractivity contribution in [2.45, 2.75) is 27.3 Å². The van der Waals surface area contributed by atoms with Gasteiger partial charge in [0.05, 0.1) is 25.5 Å². The van der Waals surface area contributed by atoms with E-state index in [0.717, 1.165) is 12.2 Å². The molecule has 0 aliphatic carbocycles. The van der Waals surface area contributed by atoms with Gasteiger partial charge in [-0.1, -0.05) is 0 Å². The summed E-state index contributed by atoms with van der Waals surface area (Å²) in [5.41, 5.74) is 3.58. The molecule has 1 rings (SSSR count). The fourth-order valence-corrected chi connectivity index (χ4v) is 1.42. The number of halogens is 1. The first-order valence-electron chi connectivity index (χ1n) is 4.81. The molecule has 0 fully saturated rings. The van der Waals surface area contributed by atoms with Gasteiger partial charge in [-0.25, -0.2) is 0 Å². The zero-order valence-corrected chi connectivity index (χ0v) is 9.76. The molecular weight excluding hydrogens is 200 g/mol. The lowest BCUT2D eigenvalue weighted by Crippen LogP contribution is -2.10. The van der Waals surface area contributed by atoms with E-state index in [1.165, 1.54) is 11.3 Å². The van der Waals surface area contributed by atoms with Gasteiger partial charge in [-0.15, -0.1) is 11.6 Å². The average molecular weight is 217 g/mol. The molecule has 80 valence electrons. The maximum Gasteiger partial charge on any atom is 0.0663 e. The summed E-state index contributed by atoms with van der Waals surface area (Å²) in [5, 5.41) is 4.41. The molecule has 4 heteroatoms. The van der Waals surface area contributed by atoms with Crippen LogP contribution in [0.1, 0.15) is 17.0 Å². The minimum Gasteiger partial charge on any atom is -0.378 e. The fourth-order valence-electron chi connectivity index (χ4n) is 1.31. The van der Waals surface area contributed by atoms with E-state index in [4.69, 9.17) is 16.3 Å². The molecule has 14 heavy (non-hydrogen) atoms.